The number of hydrogen-bond acceptors (Lipinski definition) is 4. The van der Waals surface area contributed by atoms with Crippen molar-refractivity contribution in [3.05, 3.63) is 82.1 Å². The van der Waals surface area contributed by atoms with Crippen LogP contribution in [0.25, 0.3) is 21.2 Å². The molecular weight excluding hydrogens is 378 g/mol. The van der Waals surface area contributed by atoms with Crippen molar-refractivity contribution in [2.75, 3.05) is 0 Å². The number of hydrogen-bond donors (Lipinski definition) is 0. The Balaban J connectivity index is 0.00000210. The summed E-state index contributed by atoms with van der Waals surface area (Å²) in [6.07, 6.45) is 9.04. The minimum absolute atomic E-state index is 0. The molecule has 0 radical (unpaired) electrons. The molecule has 0 saturated heterocycles. The maximum absolute atomic E-state index is 13.0. The van der Waals surface area contributed by atoms with Crippen LogP contribution in [0.15, 0.2) is 65.3 Å². The zero-order valence-electron chi connectivity index (χ0n) is 15.0. The number of halogens is 1. The molecule has 0 bridgehead atoms. The lowest BCUT2D eigenvalue weighted by Crippen LogP contribution is -2.20. The van der Waals surface area contributed by atoms with Gasteiger partial charge in [0.15, 0.2) is 0 Å². The molecule has 0 aliphatic heterocycles. The molecule has 0 saturated carbocycles. The summed E-state index contributed by atoms with van der Waals surface area (Å²) in [6.45, 7) is 2.74. The summed E-state index contributed by atoms with van der Waals surface area (Å²) >= 11 is 1.60. The number of fused-ring (bicyclic) bond motifs is 1. The molecule has 0 unspecified atom stereocenters. The number of thiophene rings is 1. The molecule has 0 aromatic carbocycles. The maximum atomic E-state index is 13.0. The molecule has 0 atom stereocenters. The molecule has 4 aromatic rings. The molecule has 0 aliphatic rings. The zero-order valence-corrected chi connectivity index (χ0v) is 16.6. The molecular formula is C21H20ClN3OS. The first kappa shape index (κ1) is 19.3. The van der Waals surface area contributed by atoms with Crippen molar-refractivity contribution in [1.29, 1.82) is 0 Å². The topological polar surface area (TPSA) is 47.8 Å². The molecule has 6 heteroatoms. The van der Waals surface area contributed by atoms with E-state index in [0.717, 1.165) is 39.7 Å². The fourth-order valence-corrected chi connectivity index (χ4v) is 4.01. The Morgan fingerprint density at radius 1 is 1.11 bits per heavy atom. The summed E-state index contributed by atoms with van der Waals surface area (Å²) < 4.78 is 2.80. The number of pyridine rings is 3. The first-order chi connectivity index (χ1) is 12.8. The molecule has 0 N–H and O–H groups in total. The second kappa shape index (κ2) is 8.46. The van der Waals surface area contributed by atoms with E-state index in [9.17, 15) is 4.79 Å². The standard InChI is InChI=1S/C21H19N3OS.ClH/c1-2-15-3-4-17(23-13-15)7-11-24-12-8-19-20(21(24)25)18(14-26-19)16-5-9-22-10-6-16;/h3-6,8-10,12-14H,2,7,11H2,1H3;1H. The highest BCUT2D eigenvalue weighted by Gasteiger charge is 2.12. The van der Waals surface area contributed by atoms with Crippen molar-refractivity contribution in [2.45, 2.75) is 26.3 Å². The summed E-state index contributed by atoms with van der Waals surface area (Å²) in [6, 6.07) is 10.1. The number of nitrogens with zero attached hydrogens (tertiary/aromatic N) is 3. The molecule has 0 fully saturated rings. The maximum Gasteiger partial charge on any atom is 0.259 e. The predicted molar refractivity (Wildman–Crippen MR) is 114 cm³/mol. The smallest absolute Gasteiger partial charge is 0.259 e. The Hall–Kier alpha value is -2.50. The lowest BCUT2D eigenvalue weighted by atomic mass is 10.1. The van der Waals surface area contributed by atoms with Crippen molar-refractivity contribution in [3.63, 3.8) is 0 Å². The van der Waals surface area contributed by atoms with Crippen molar-refractivity contribution in [2.24, 2.45) is 0 Å². The Morgan fingerprint density at radius 3 is 2.63 bits per heavy atom. The average molecular weight is 398 g/mol. The Bertz CT molecular complexity index is 1090. The van der Waals surface area contributed by atoms with Gasteiger partial charge in [-0.05, 0) is 41.8 Å². The second-order valence-electron chi connectivity index (χ2n) is 6.20. The Kier molecular flexibility index (Phi) is 6.04. The summed E-state index contributed by atoms with van der Waals surface area (Å²) in [5.74, 6) is 0. The van der Waals surface area contributed by atoms with Crippen molar-refractivity contribution >= 4 is 33.8 Å². The van der Waals surface area contributed by atoms with Crippen LogP contribution in [-0.2, 0) is 19.4 Å². The van der Waals surface area contributed by atoms with E-state index in [4.69, 9.17) is 0 Å². The Morgan fingerprint density at radius 2 is 1.93 bits per heavy atom. The van der Waals surface area contributed by atoms with Crippen LogP contribution in [0.5, 0.6) is 0 Å². The molecule has 4 nitrogen and oxygen atoms in total. The lowest BCUT2D eigenvalue weighted by Gasteiger charge is -2.07. The van der Waals surface area contributed by atoms with Gasteiger partial charge in [0.25, 0.3) is 5.56 Å². The molecule has 0 spiro atoms. The highest BCUT2D eigenvalue weighted by Crippen LogP contribution is 2.31. The summed E-state index contributed by atoms with van der Waals surface area (Å²) in [4.78, 5) is 21.6. The highest BCUT2D eigenvalue weighted by molar-refractivity contribution is 7.17. The summed E-state index contributed by atoms with van der Waals surface area (Å²) in [5, 5.41) is 2.84. The fourth-order valence-electron chi connectivity index (χ4n) is 3.05. The van der Waals surface area contributed by atoms with Gasteiger partial charge in [0, 0.05) is 59.1 Å². The summed E-state index contributed by atoms with van der Waals surface area (Å²) in [7, 11) is 0. The first-order valence-electron chi connectivity index (χ1n) is 8.71. The quantitative estimate of drug-likeness (QED) is 0.488. The van der Waals surface area contributed by atoms with Crippen LogP contribution in [0.1, 0.15) is 18.2 Å². The molecule has 4 heterocycles. The SMILES string of the molecule is CCc1ccc(CCn2ccc3scc(-c4ccncc4)c3c2=O)nc1.Cl. The third kappa shape index (κ3) is 3.94. The largest absolute Gasteiger partial charge is 0.315 e. The van der Waals surface area contributed by atoms with Gasteiger partial charge in [0.05, 0.1) is 5.39 Å². The van der Waals surface area contributed by atoms with E-state index in [1.54, 1.807) is 28.3 Å². The average Bonchev–Trinajstić information content (AvgIpc) is 3.13. The lowest BCUT2D eigenvalue weighted by molar-refractivity contribution is 0.665. The van der Waals surface area contributed by atoms with Crippen LogP contribution in [0, 0.1) is 0 Å². The van der Waals surface area contributed by atoms with Crippen molar-refractivity contribution < 1.29 is 0 Å². The van der Waals surface area contributed by atoms with Crippen LogP contribution in [-0.4, -0.2) is 14.5 Å². The third-order valence-corrected chi connectivity index (χ3v) is 5.54. The van der Waals surface area contributed by atoms with Gasteiger partial charge < -0.3 is 4.57 Å². The van der Waals surface area contributed by atoms with E-state index >= 15 is 0 Å². The highest BCUT2D eigenvalue weighted by atomic mass is 35.5. The van der Waals surface area contributed by atoms with Gasteiger partial charge in [-0.2, -0.15) is 0 Å². The van der Waals surface area contributed by atoms with Crippen LogP contribution >= 0.6 is 23.7 Å². The van der Waals surface area contributed by atoms with Crippen LogP contribution in [0.4, 0.5) is 0 Å². The minimum Gasteiger partial charge on any atom is -0.315 e. The van der Waals surface area contributed by atoms with E-state index < -0.39 is 0 Å². The van der Waals surface area contributed by atoms with E-state index in [0.29, 0.717) is 6.54 Å². The van der Waals surface area contributed by atoms with Crippen molar-refractivity contribution in [3.8, 4) is 11.1 Å². The van der Waals surface area contributed by atoms with Crippen LogP contribution < -0.4 is 5.56 Å². The van der Waals surface area contributed by atoms with Gasteiger partial charge in [-0.3, -0.25) is 14.8 Å². The van der Waals surface area contributed by atoms with E-state index in [-0.39, 0.29) is 18.0 Å². The first-order valence-corrected chi connectivity index (χ1v) is 9.59. The van der Waals surface area contributed by atoms with Crippen LogP contribution in [0.2, 0.25) is 0 Å². The molecule has 4 rings (SSSR count). The molecule has 27 heavy (non-hydrogen) atoms. The molecule has 0 aliphatic carbocycles. The monoisotopic (exact) mass is 397 g/mol. The normalized spacial score (nSPS) is 10.7. The molecule has 138 valence electrons. The van der Waals surface area contributed by atoms with Gasteiger partial charge in [0.2, 0.25) is 0 Å². The minimum atomic E-state index is 0. The van der Waals surface area contributed by atoms with Gasteiger partial charge in [-0.25, -0.2) is 0 Å². The van der Waals surface area contributed by atoms with E-state index in [1.807, 2.05) is 30.6 Å². The fraction of sp³-hybridized carbons (Fsp3) is 0.190. The summed E-state index contributed by atoms with van der Waals surface area (Å²) in [5.41, 5.74) is 4.30. The number of aromatic nitrogens is 3. The third-order valence-electron chi connectivity index (χ3n) is 4.59. The van der Waals surface area contributed by atoms with E-state index in [2.05, 4.69) is 34.4 Å². The second-order valence-corrected chi connectivity index (χ2v) is 7.11. The molecule has 4 aromatic heterocycles. The van der Waals surface area contributed by atoms with Crippen LogP contribution in [0.3, 0.4) is 0 Å². The van der Waals surface area contributed by atoms with Crippen molar-refractivity contribution in [1.82, 2.24) is 14.5 Å². The number of aryl methyl sites for hydroxylation is 3. The molecule has 0 amide bonds. The Labute approximate surface area is 168 Å². The van der Waals surface area contributed by atoms with Gasteiger partial charge in [-0.15, -0.1) is 23.7 Å². The van der Waals surface area contributed by atoms with Gasteiger partial charge in [-0.1, -0.05) is 13.0 Å². The van der Waals surface area contributed by atoms with Gasteiger partial charge >= 0.3 is 0 Å². The number of rotatable bonds is 5. The van der Waals surface area contributed by atoms with Gasteiger partial charge in [0.1, 0.15) is 0 Å². The zero-order chi connectivity index (χ0) is 17.9. The van der Waals surface area contributed by atoms with E-state index in [1.165, 1.54) is 5.56 Å². The predicted octanol–water partition coefficient (Wildman–Crippen LogP) is 4.75.